The summed E-state index contributed by atoms with van der Waals surface area (Å²) in [5.74, 6) is 0.913. The Morgan fingerprint density at radius 1 is 1.40 bits per heavy atom. The largest absolute Gasteiger partial charge is 0.391 e. The van der Waals surface area contributed by atoms with E-state index >= 15 is 0 Å². The van der Waals surface area contributed by atoms with Gasteiger partial charge in [-0.05, 0) is 20.8 Å². The van der Waals surface area contributed by atoms with Crippen molar-refractivity contribution < 1.29 is 5.11 Å². The van der Waals surface area contributed by atoms with Gasteiger partial charge in [0.2, 0.25) is 5.95 Å². The van der Waals surface area contributed by atoms with Gasteiger partial charge < -0.3 is 21.9 Å². The molecule has 0 amide bonds. The zero-order valence-electron chi connectivity index (χ0n) is 9.15. The summed E-state index contributed by atoms with van der Waals surface area (Å²) >= 11 is 0. The van der Waals surface area contributed by atoms with Crippen molar-refractivity contribution in [1.82, 2.24) is 9.97 Å². The van der Waals surface area contributed by atoms with E-state index in [0.717, 1.165) is 0 Å². The van der Waals surface area contributed by atoms with Gasteiger partial charge in [0.25, 0.3) is 0 Å². The summed E-state index contributed by atoms with van der Waals surface area (Å²) in [4.78, 5) is 7.72. The average Bonchev–Trinajstić information content (AvgIpc) is 1.99. The Balaban J connectivity index is 2.89. The van der Waals surface area contributed by atoms with Crippen molar-refractivity contribution in [3.8, 4) is 0 Å². The van der Waals surface area contributed by atoms with Crippen molar-refractivity contribution in [3.05, 3.63) is 6.07 Å². The van der Waals surface area contributed by atoms with E-state index in [-0.39, 0.29) is 5.95 Å². The molecule has 0 fully saturated rings. The van der Waals surface area contributed by atoms with Crippen molar-refractivity contribution in [2.24, 2.45) is 0 Å². The third-order valence-corrected chi connectivity index (χ3v) is 2.26. The molecule has 0 bridgehead atoms. The number of rotatable bonds is 3. The SMILES string of the molecule is CC(O)C(C)(C)Nc1cc(N)nc(N)n1. The van der Waals surface area contributed by atoms with Crippen molar-refractivity contribution >= 4 is 17.6 Å². The Morgan fingerprint density at radius 3 is 2.47 bits per heavy atom. The van der Waals surface area contributed by atoms with Crippen molar-refractivity contribution in [1.29, 1.82) is 0 Å². The number of nitrogens with one attached hydrogen (secondary N) is 1. The lowest BCUT2D eigenvalue weighted by atomic mass is 9.99. The summed E-state index contributed by atoms with van der Waals surface area (Å²) in [6.45, 7) is 5.40. The van der Waals surface area contributed by atoms with E-state index in [0.29, 0.717) is 11.6 Å². The minimum absolute atomic E-state index is 0.110. The van der Waals surface area contributed by atoms with Crippen LogP contribution in [0.15, 0.2) is 6.07 Å². The Morgan fingerprint density at radius 2 is 2.00 bits per heavy atom. The van der Waals surface area contributed by atoms with Crippen LogP contribution in [0, 0.1) is 0 Å². The standard InChI is InChI=1S/C9H17N5O/c1-5(15)9(2,3)14-7-4-6(10)12-8(11)13-7/h4-5,15H,1-3H3,(H5,10,11,12,13,14). The predicted octanol–water partition coefficient (Wildman–Crippen LogP) is 0.212. The second-order valence-corrected chi connectivity index (χ2v) is 4.06. The molecule has 6 N–H and O–H groups in total. The number of nitrogens with zero attached hydrogens (tertiary/aromatic N) is 2. The fourth-order valence-electron chi connectivity index (χ4n) is 0.984. The first kappa shape index (κ1) is 11.5. The van der Waals surface area contributed by atoms with Crippen LogP contribution in [0.4, 0.5) is 17.6 Å². The van der Waals surface area contributed by atoms with Crippen LogP contribution in [0.5, 0.6) is 0 Å². The molecule has 15 heavy (non-hydrogen) atoms. The maximum absolute atomic E-state index is 9.51. The van der Waals surface area contributed by atoms with Gasteiger partial charge in [-0.25, -0.2) is 0 Å². The summed E-state index contributed by atoms with van der Waals surface area (Å²) in [6.07, 6.45) is -0.532. The molecule has 1 aromatic heterocycles. The highest BCUT2D eigenvalue weighted by molar-refractivity contribution is 5.49. The minimum Gasteiger partial charge on any atom is -0.391 e. The van der Waals surface area contributed by atoms with Gasteiger partial charge in [0.15, 0.2) is 0 Å². The maximum atomic E-state index is 9.51. The molecule has 0 aliphatic carbocycles. The zero-order chi connectivity index (χ0) is 11.6. The maximum Gasteiger partial charge on any atom is 0.223 e. The normalized spacial score (nSPS) is 13.6. The fourth-order valence-corrected chi connectivity index (χ4v) is 0.984. The van der Waals surface area contributed by atoms with E-state index in [2.05, 4.69) is 15.3 Å². The highest BCUT2D eigenvalue weighted by Crippen LogP contribution is 2.18. The Kier molecular flexibility index (Phi) is 2.99. The van der Waals surface area contributed by atoms with Crippen LogP contribution in [-0.2, 0) is 0 Å². The highest BCUT2D eigenvalue weighted by Gasteiger charge is 2.24. The van der Waals surface area contributed by atoms with Crippen LogP contribution >= 0.6 is 0 Å². The Bertz CT molecular complexity index is 330. The lowest BCUT2D eigenvalue weighted by Gasteiger charge is -2.29. The quantitative estimate of drug-likeness (QED) is 0.569. The molecule has 1 unspecified atom stereocenters. The zero-order valence-corrected chi connectivity index (χ0v) is 9.15. The first-order chi connectivity index (χ1) is 6.81. The first-order valence-corrected chi connectivity index (χ1v) is 4.67. The number of aliphatic hydroxyl groups excluding tert-OH is 1. The van der Waals surface area contributed by atoms with Crippen LogP contribution in [0.3, 0.4) is 0 Å². The van der Waals surface area contributed by atoms with Gasteiger partial charge in [-0.3, -0.25) is 0 Å². The van der Waals surface area contributed by atoms with Gasteiger partial charge in [0.1, 0.15) is 11.6 Å². The smallest absolute Gasteiger partial charge is 0.223 e. The molecule has 1 heterocycles. The van der Waals surface area contributed by atoms with E-state index in [1.807, 2.05) is 13.8 Å². The van der Waals surface area contributed by atoms with E-state index in [9.17, 15) is 5.11 Å². The number of nitrogens with two attached hydrogens (primary N) is 2. The second kappa shape index (κ2) is 3.90. The molecule has 6 nitrogen and oxygen atoms in total. The van der Waals surface area contributed by atoms with E-state index in [4.69, 9.17) is 11.5 Å². The molecule has 0 aliphatic rings. The molecule has 0 aliphatic heterocycles. The molecule has 0 saturated heterocycles. The van der Waals surface area contributed by atoms with E-state index in [1.54, 1.807) is 13.0 Å². The third kappa shape index (κ3) is 2.95. The first-order valence-electron chi connectivity index (χ1n) is 4.67. The molecule has 0 spiro atoms. The topological polar surface area (TPSA) is 110 Å². The number of hydrogen-bond acceptors (Lipinski definition) is 6. The Labute approximate surface area is 88.7 Å². The molecule has 0 aromatic carbocycles. The van der Waals surface area contributed by atoms with Crippen LogP contribution in [0.2, 0.25) is 0 Å². The number of hydrogen-bond donors (Lipinski definition) is 4. The molecule has 1 aromatic rings. The molecular formula is C9H17N5O. The van der Waals surface area contributed by atoms with Crippen LogP contribution < -0.4 is 16.8 Å². The third-order valence-electron chi connectivity index (χ3n) is 2.26. The van der Waals surface area contributed by atoms with E-state index < -0.39 is 11.6 Å². The molecule has 0 saturated carbocycles. The number of aliphatic hydroxyl groups is 1. The fraction of sp³-hybridized carbons (Fsp3) is 0.556. The molecular weight excluding hydrogens is 194 g/mol. The minimum atomic E-state index is -0.532. The Hall–Kier alpha value is -1.56. The molecule has 84 valence electrons. The molecule has 6 heteroatoms. The van der Waals surface area contributed by atoms with Crippen molar-refractivity contribution in [3.63, 3.8) is 0 Å². The highest BCUT2D eigenvalue weighted by atomic mass is 16.3. The van der Waals surface area contributed by atoms with Crippen LogP contribution in [-0.4, -0.2) is 26.7 Å². The predicted molar refractivity (Wildman–Crippen MR) is 60.2 cm³/mol. The lowest BCUT2D eigenvalue weighted by molar-refractivity contribution is 0.133. The molecule has 1 atom stereocenters. The summed E-state index contributed by atoms with van der Waals surface area (Å²) < 4.78 is 0. The summed E-state index contributed by atoms with van der Waals surface area (Å²) in [5, 5.41) is 12.5. The van der Waals surface area contributed by atoms with Crippen LogP contribution in [0.25, 0.3) is 0 Å². The molecule has 0 radical (unpaired) electrons. The van der Waals surface area contributed by atoms with Gasteiger partial charge in [-0.15, -0.1) is 0 Å². The van der Waals surface area contributed by atoms with Gasteiger partial charge in [-0.2, -0.15) is 9.97 Å². The number of nitrogen functional groups attached to an aromatic ring is 2. The number of aromatic nitrogens is 2. The monoisotopic (exact) mass is 211 g/mol. The lowest BCUT2D eigenvalue weighted by Crippen LogP contribution is -2.42. The van der Waals surface area contributed by atoms with Crippen LogP contribution in [0.1, 0.15) is 20.8 Å². The van der Waals surface area contributed by atoms with Gasteiger partial charge in [0.05, 0.1) is 11.6 Å². The van der Waals surface area contributed by atoms with E-state index in [1.165, 1.54) is 0 Å². The van der Waals surface area contributed by atoms with Crippen molar-refractivity contribution in [2.45, 2.75) is 32.4 Å². The summed E-state index contributed by atoms with van der Waals surface area (Å²) in [6, 6.07) is 1.57. The molecule has 1 rings (SSSR count). The second-order valence-electron chi connectivity index (χ2n) is 4.06. The van der Waals surface area contributed by atoms with Gasteiger partial charge in [0, 0.05) is 6.07 Å². The van der Waals surface area contributed by atoms with Gasteiger partial charge in [-0.1, -0.05) is 0 Å². The van der Waals surface area contributed by atoms with Crippen molar-refractivity contribution in [2.75, 3.05) is 16.8 Å². The van der Waals surface area contributed by atoms with Gasteiger partial charge >= 0.3 is 0 Å². The average molecular weight is 211 g/mol. The number of anilines is 3. The summed E-state index contributed by atoms with van der Waals surface area (Å²) in [5.41, 5.74) is 10.5. The summed E-state index contributed by atoms with van der Waals surface area (Å²) in [7, 11) is 0.